The van der Waals surface area contributed by atoms with Gasteiger partial charge in [0.1, 0.15) is 6.04 Å². The lowest BCUT2D eigenvalue weighted by Crippen LogP contribution is -2.57. The lowest BCUT2D eigenvalue weighted by molar-refractivity contribution is 0.103. The largest absolute Gasteiger partial charge is 0.315 e. The third kappa shape index (κ3) is 1.99. The van der Waals surface area contributed by atoms with Crippen molar-refractivity contribution in [3.05, 3.63) is 30.1 Å². The van der Waals surface area contributed by atoms with Crippen molar-refractivity contribution in [1.29, 1.82) is 5.26 Å². The maximum Gasteiger partial charge on any atom is 0.141 e. The van der Waals surface area contributed by atoms with Gasteiger partial charge in [0.2, 0.25) is 0 Å². The minimum absolute atomic E-state index is 0.198. The van der Waals surface area contributed by atoms with Gasteiger partial charge in [-0.05, 0) is 19.2 Å². The van der Waals surface area contributed by atoms with Crippen molar-refractivity contribution in [2.24, 2.45) is 0 Å². The second-order valence-corrected chi connectivity index (χ2v) is 3.73. The SMILES string of the molecule is CNC1CN([C@H](C#N)c2ccccn2)C1. The number of hydrogen-bond donors (Lipinski definition) is 1. The fourth-order valence-corrected chi connectivity index (χ4v) is 1.78. The molecule has 1 aliphatic rings. The van der Waals surface area contributed by atoms with E-state index in [0.29, 0.717) is 6.04 Å². The molecule has 0 unspecified atom stereocenters. The van der Waals surface area contributed by atoms with Crippen molar-refractivity contribution in [3.63, 3.8) is 0 Å². The van der Waals surface area contributed by atoms with Crippen LogP contribution in [0.5, 0.6) is 0 Å². The molecule has 1 aliphatic heterocycles. The number of hydrogen-bond acceptors (Lipinski definition) is 4. The zero-order valence-electron chi connectivity index (χ0n) is 8.72. The summed E-state index contributed by atoms with van der Waals surface area (Å²) in [5.41, 5.74) is 0.842. The second kappa shape index (κ2) is 4.39. The monoisotopic (exact) mass is 202 g/mol. The molecule has 1 N–H and O–H groups in total. The van der Waals surface area contributed by atoms with Gasteiger partial charge in [-0.3, -0.25) is 9.88 Å². The standard InChI is InChI=1S/C11H14N4/c1-13-9-7-15(8-9)11(6-12)10-4-2-3-5-14-10/h2-5,9,11,13H,7-8H2,1H3/t11-/m1/s1. The highest BCUT2D eigenvalue weighted by Crippen LogP contribution is 2.23. The first-order valence-corrected chi connectivity index (χ1v) is 5.07. The van der Waals surface area contributed by atoms with Gasteiger partial charge in [0.25, 0.3) is 0 Å². The Bertz CT molecular complexity index is 351. The first kappa shape index (κ1) is 10.1. The number of rotatable bonds is 3. The van der Waals surface area contributed by atoms with Crippen molar-refractivity contribution in [2.75, 3.05) is 20.1 Å². The van der Waals surface area contributed by atoms with Crippen molar-refractivity contribution < 1.29 is 0 Å². The van der Waals surface area contributed by atoms with Gasteiger partial charge in [0.05, 0.1) is 11.8 Å². The van der Waals surface area contributed by atoms with E-state index in [1.807, 2.05) is 25.2 Å². The van der Waals surface area contributed by atoms with E-state index in [4.69, 9.17) is 5.26 Å². The molecule has 1 fully saturated rings. The molecular formula is C11H14N4. The fraction of sp³-hybridized carbons (Fsp3) is 0.455. The van der Waals surface area contributed by atoms with Crippen molar-refractivity contribution in [1.82, 2.24) is 15.2 Å². The van der Waals surface area contributed by atoms with E-state index >= 15 is 0 Å². The van der Waals surface area contributed by atoms with Gasteiger partial charge in [-0.25, -0.2) is 0 Å². The van der Waals surface area contributed by atoms with Gasteiger partial charge < -0.3 is 5.32 Å². The molecule has 1 aromatic rings. The number of nitriles is 1. The van der Waals surface area contributed by atoms with E-state index in [1.54, 1.807) is 6.20 Å². The Hall–Kier alpha value is -1.44. The fourth-order valence-electron chi connectivity index (χ4n) is 1.78. The molecule has 1 saturated heterocycles. The zero-order chi connectivity index (χ0) is 10.7. The number of pyridine rings is 1. The van der Waals surface area contributed by atoms with E-state index in [0.717, 1.165) is 18.8 Å². The summed E-state index contributed by atoms with van der Waals surface area (Å²) in [4.78, 5) is 6.35. The minimum Gasteiger partial charge on any atom is -0.315 e. The average molecular weight is 202 g/mol. The van der Waals surface area contributed by atoms with Crippen LogP contribution in [-0.2, 0) is 0 Å². The predicted molar refractivity (Wildman–Crippen MR) is 57.0 cm³/mol. The van der Waals surface area contributed by atoms with E-state index in [-0.39, 0.29) is 6.04 Å². The molecule has 15 heavy (non-hydrogen) atoms. The molecule has 0 aliphatic carbocycles. The minimum atomic E-state index is -0.198. The molecule has 78 valence electrons. The first-order valence-electron chi connectivity index (χ1n) is 5.07. The van der Waals surface area contributed by atoms with Crippen LogP contribution in [0.1, 0.15) is 11.7 Å². The zero-order valence-corrected chi connectivity index (χ0v) is 8.72. The molecule has 0 bridgehead atoms. The van der Waals surface area contributed by atoms with Gasteiger partial charge in [0.15, 0.2) is 0 Å². The van der Waals surface area contributed by atoms with Crippen LogP contribution in [0.25, 0.3) is 0 Å². The lowest BCUT2D eigenvalue weighted by Gasteiger charge is -2.41. The number of likely N-dealkylation sites (tertiary alicyclic amines) is 1. The molecule has 1 aromatic heterocycles. The van der Waals surface area contributed by atoms with Crippen LogP contribution >= 0.6 is 0 Å². The Balaban J connectivity index is 2.04. The number of nitrogens with zero attached hydrogens (tertiary/aromatic N) is 3. The predicted octanol–water partition coefficient (Wildman–Crippen LogP) is 0.550. The van der Waals surface area contributed by atoms with E-state index in [9.17, 15) is 0 Å². The van der Waals surface area contributed by atoms with Crippen LogP contribution in [0.3, 0.4) is 0 Å². The Morgan fingerprint density at radius 3 is 2.93 bits per heavy atom. The van der Waals surface area contributed by atoms with Crippen LogP contribution in [-0.4, -0.2) is 36.1 Å². The quantitative estimate of drug-likeness (QED) is 0.777. The number of nitrogens with one attached hydrogen (secondary N) is 1. The highest BCUT2D eigenvalue weighted by molar-refractivity contribution is 5.17. The number of aromatic nitrogens is 1. The second-order valence-electron chi connectivity index (χ2n) is 3.73. The Kier molecular flexibility index (Phi) is 2.95. The molecular weight excluding hydrogens is 188 g/mol. The molecule has 4 nitrogen and oxygen atoms in total. The molecule has 0 radical (unpaired) electrons. The molecule has 0 amide bonds. The van der Waals surface area contributed by atoms with Gasteiger partial charge in [-0.2, -0.15) is 5.26 Å². The summed E-state index contributed by atoms with van der Waals surface area (Å²) in [5.74, 6) is 0. The first-order chi connectivity index (χ1) is 7.35. The van der Waals surface area contributed by atoms with Gasteiger partial charge in [-0.15, -0.1) is 0 Å². The van der Waals surface area contributed by atoms with Crippen LogP contribution in [0.2, 0.25) is 0 Å². The summed E-state index contributed by atoms with van der Waals surface area (Å²) in [6, 6.07) is 8.31. The topological polar surface area (TPSA) is 52.0 Å². The summed E-state index contributed by atoms with van der Waals surface area (Å²) in [7, 11) is 1.95. The molecule has 1 atom stereocenters. The number of likely N-dealkylation sites (N-methyl/N-ethyl adjacent to an activating group) is 1. The van der Waals surface area contributed by atoms with Gasteiger partial charge in [-0.1, -0.05) is 6.07 Å². The van der Waals surface area contributed by atoms with E-state index < -0.39 is 0 Å². The summed E-state index contributed by atoms with van der Waals surface area (Å²) in [5, 5.41) is 12.3. The Labute approximate surface area is 89.5 Å². The van der Waals surface area contributed by atoms with Crippen LogP contribution < -0.4 is 5.32 Å². The van der Waals surface area contributed by atoms with Crippen molar-refractivity contribution in [2.45, 2.75) is 12.1 Å². The van der Waals surface area contributed by atoms with Crippen molar-refractivity contribution in [3.8, 4) is 6.07 Å². The normalized spacial score (nSPS) is 19.2. The molecule has 0 saturated carbocycles. The molecule has 4 heteroatoms. The third-order valence-corrected chi connectivity index (χ3v) is 2.77. The maximum atomic E-state index is 9.12. The average Bonchev–Trinajstić information content (AvgIpc) is 2.24. The molecule has 0 spiro atoms. The summed E-state index contributed by atoms with van der Waals surface area (Å²) < 4.78 is 0. The summed E-state index contributed by atoms with van der Waals surface area (Å²) in [6.45, 7) is 1.84. The maximum absolute atomic E-state index is 9.12. The van der Waals surface area contributed by atoms with Crippen LogP contribution in [0.4, 0.5) is 0 Å². The molecule has 2 heterocycles. The highest BCUT2D eigenvalue weighted by Gasteiger charge is 2.32. The lowest BCUT2D eigenvalue weighted by atomic mass is 10.0. The van der Waals surface area contributed by atoms with Crippen molar-refractivity contribution >= 4 is 0 Å². The third-order valence-electron chi connectivity index (χ3n) is 2.77. The Morgan fingerprint density at radius 2 is 2.40 bits per heavy atom. The molecule has 0 aromatic carbocycles. The molecule has 2 rings (SSSR count). The van der Waals surface area contributed by atoms with Crippen LogP contribution in [0.15, 0.2) is 24.4 Å². The van der Waals surface area contributed by atoms with Gasteiger partial charge in [0, 0.05) is 25.3 Å². The van der Waals surface area contributed by atoms with E-state index in [1.165, 1.54) is 0 Å². The van der Waals surface area contributed by atoms with Gasteiger partial charge >= 0.3 is 0 Å². The Morgan fingerprint density at radius 1 is 1.60 bits per heavy atom. The smallest absolute Gasteiger partial charge is 0.141 e. The summed E-state index contributed by atoms with van der Waals surface area (Å²) >= 11 is 0. The van der Waals surface area contributed by atoms with E-state index in [2.05, 4.69) is 21.3 Å². The van der Waals surface area contributed by atoms with Crippen LogP contribution in [0, 0.1) is 11.3 Å². The summed E-state index contributed by atoms with van der Waals surface area (Å²) in [6.07, 6.45) is 1.73. The highest BCUT2D eigenvalue weighted by atomic mass is 15.3.